The molecule has 1 unspecified atom stereocenters. The summed E-state index contributed by atoms with van der Waals surface area (Å²) in [6.07, 6.45) is 11.7. The van der Waals surface area contributed by atoms with Gasteiger partial charge in [-0.25, -0.2) is 0 Å². The number of halogens is 1. The maximum Gasteiger partial charge on any atom is 0.311 e. The van der Waals surface area contributed by atoms with E-state index < -0.39 is 27.4 Å². The van der Waals surface area contributed by atoms with Crippen LogP contribution in [0.25, 0.3) is 0 Å². The number of esters is 1. The lowest BCUT2D eigenvalue weighted by Gasteiger charge is -2.37. The molecule has 9 heteroatoms. The number of benzene rings is 1. The second-order valence-corrected chi connectivity index (χ2v) is 12.5. The molecule has 0 saturated carbocycles. The van der Waals surface area contributed by atoms with E-state index in [-0.39, 0.29) is 31.0 Å². The molecule has 1 aromatic rings. The molecule has 2 saturated heterocycles. The molecule has 4 aliphatic heterocycles. The van der Waals surface area contributed by atoms with E-state index >= 15 is 0 Å². The van der Waals surface area contributed by atoms with Crippen molar-refractivity contribution in [2.75, 3.05) is 31.2 Å². The zero-order chi connectivity index (χ0) is 26.2. The molecule has 0 radical (unpaired) electrons. The molecular formula is C28H33ClN2O5S. The molecule has 2 amide bonds. The first-order chi connectivity index (χ1) is 17.8. The number of carbonyl (C=O) groups is 3. The fourth-order valence-electron chi connectivity index (χ4n) is 6.36. The van der Waals surface area contributed by atoms with E-state index in [4.69, 9.17) is 21.4 Å². The monoisotopic (exact) mass is 544 g/mol. The molecule has 0 aliphatic carbocycles. The second kappa shape index (κ2) is 10.5. The molecule has 1 N–H and O–H groups in total. The predicted molar refractivity (Wildman–Crippen MR) is 144 cm³/mol. The number of nitrogens with zero attached hydrogens (tertiary/aromatic N) is 2. The highest BCUT2D eigenvalue weighted by Crippen LogP contribution is 2.65. The van der Waals surface area contributed by atoms with E-state index in [1.807, 2.05) is 49.4 Å². The van der Waals surface area contributed by atoms with Crippen LogP contribution in [0.2, 0.25) is 5.02 Å². The van der Waals surface area contributed by atoms with E-state index in [0.29, 0.717) is 43.1 Å². The van der Waals surface area contributed by atoms with Crippen molar-refractivity contribution >= 4 is 46.8 Å². The standard InChI is InChI=1S/C28H33ClN2O5S/c1-27-13-6-9-18-36-26(35)22(27)21-24(33)31(15-7-2-3-8-17-32)23-25(34)30(16-10-14-28(21,23)37-27)20-12-5-4-11-19(20)29/h4-6,10-14,21-23,32H,2-3,7-9,15-18H2,1H3/t21-,22-,23?,27+,28-/m0/s1. The minimum absolute atomic E-state index is 0.138. The number of hydrogen-bond donors (Lipinski definition) is 1. The molecule has 37 heavy (non-hydrogen) atoms. The van der Waals surface area contributed by atoms with Gasteiger partial charge in [0.25, 0.3) is 5.91 Å². The summed E-state index contributed by atoms with van der Waals surface area (Å²) in [7, 11) is 0. The van der Waals surface area contributed by atoms with Crippen molar-refractivity contribution in [1.29, 1.82) is 0 Å². The fourth-order valence-corrected chi connectivity index (χ4v) is 8.75. The molecule has 4 aliphatic rings. The van der Waals surface area contributed by atoms with Crippen LogP contribution in [0, 0.1) is 11.8 Å². The minimum atomic E-state index is -0.900. The Labute approximate surface area is 226 Å². The Kier molecular flexibility index (Phi) is 7.44. The van der Waals surface area contributed by atoms with Crippen LogP contribution in [0.5, 0.6) is 0 Å². The number of cyclic esters (lactones) is 1. The van der Waals surface area contributed by atoms with Crippen LogP contribution in [-0.2, 0) is 19.1 Å². The highest BCUT2D eigenvalue weighted by atomic mass is 35.5. The Hall–Kier alpha value is -2.29. The first kappa shape index (κ1) is 26.3. The number of thioether (sulfide) groups is 1. The van der Waals surface area contributed by atoms with Crippen molar-refractivity contribution < 1.29 is 24.2 Å². The van der Waals surface area contributed by atoms with Crippen LogP contribution >= 0.6 is 23.4 Å². The van der Waals surface area contributed by atoms with Crippen LogP contribution in [0.15, 0.2) is 48.6 Å². The number of carbonyl (C=O) groups excluding carboxylic acids is 3. The van der Waals surface area contributed by atoms with Gasteiger partial charge in [-0.2, -0.15) is 0 Å². The lowest BCUT2D eigenvalue weighted by atomic mass is 9.74. The van der Waals surface area contributed by atoms with E-state index in [2.05, 4.69) is 0 Å². The van der Waals surface area contributed by atoms with Gasteiger partial charge in [-0.1, -0.05) is 60.9 Å². The largest absolute Gasteiger partial charge is 0.465 e. The summed E-state index contributed by atoms with van der Waals surface area (Å²) in [4.78, 5) is 45.3. The summed E-state index contributed by atoms with van der Waals surface area (Å²) in [6.45, 7) is 3.15. The van der Waals surface area contributed by atoms with E-state index in [9.17, 15) is 14.4 Å². The van der Waals surface area contributed by atoms with E-state index in [1.54, 1.807) is 27.6 Å². The summed E-state index contributed by atoms with van der Waals surface area (Å²) < 4.78 is 4.01. The fraction of sp³-hybridized carbons (Fsp3) is 0.536. The summed E-state index contributed by atoms with van der Waals surface area (Å²) >= 11 is 8.06. The number of para-hydroxylation sites is 1. The summed E-state index contributed by atoms with van der Waals surface area (Å²) in [5.74, 6) is -2.11. The van der Waals surface area contributed by atoms with Gasteiger partial charge in [-0.15, -0.1) is 11.8 Å². The smallest absolute Gasteiger partial charge is 0.311 e. The van der Waals surface area contributed by atoms with Crippen LogP contribution < -0.4 is 4.90 Å². The van der Waals surface area contributed by atoms with Crippen molar-refractivity contribution in [2.24, 2.45) is 11.8 Å². The number of amides is 2. The first-order valence-electron chi connectivity index (χ1n) is 13.0. The van der Waals surface area contributed by atoms with Gasteiger partial charge in [0.1, 0.15) is 6.04 Å². The molecule has 2 fully saturated rings. The Bertz CT molecular complexity index is 1140. The number of unbranched alkanes of at least 4 members (excludes halogenated alkanes) is 3. The summed E-state index contributed by atoms with van der Waals surface area (Å²) in [6, 6.07) is 6.46. The van der Waals surface area contributed by atoms with Crippen molar-refractivity contribution in [2.45, 2.75) is 54.6 Å². The van der Waals surface area contributed by atoms with E-state index in [1.165, 1.54) is 0 Å². The zero-order valence-electron chi connectivity index (χ0n) is 21.0. The van der Waals surface area contributed by atoms with Gasteiger partial charge in [0.05, 0.1) is 33.9 Å². The van der Waals surface area contributed by atoms with Crippen LogP contribution in [0.1, 0.15) is 39.0 Å². The van der Waals surface area contributed by atoms with E-state index in [0.717, 1.165) is 12.8 Å². The molecule has 5 atom stereocenters. The maximum absolute atomic E-state index is 14.4. The van der Waals surface area contributed by atoms with Gasteiger partial charge in [-0.3, -0.25) is 14.4 Å². The molecule has 1 spiro atoms. The van der Waals surface area contributed by atoms with Crippen LogP contribution in [0.4, 0.5) is 5.69 Å². The lowest BCUT2D eigenvalue weighted by Crippen LogP contribution is -2.53. The molecule has 0 aromatic heterocycles. The molecule has 4 heterocycles. The number of ether oxygens (including phenoxy) is 1. The molecule has 198 valence electrons. The van der Waals surface area contributed by atoms with Crippen molar-refractivity contribution in [3.05, 3.63) is 53.6 Å². The number of likely N-dealkylation sites (tertiary alicyclic amines) is 1. The van der Waals surface area contributed by atoms with Gasteiger partial charge >= 0.3 is 5.97 Å². The average Bonchev–Trinajstić information content (AvgIpc) is 3.18. The highest BCUT2D eigenvalue weighted by molar-refractivity contribution is 8.02. The predicted octanol–water partition coefficient (Wildman–Crippen LogP) is 3.99. The Morgan fingerprint density at radius 3 is 2.62 bits per heavy atom. The Balaban J connectivity index is 1.58. The summed E-state index contributed by atoms with van der Waals surface area (Å²) in [5.41, 5.74) is 0.606. The summed E-state index contributed by atoms with van der Waals surface area (Å²) in [5, 5.41) is 9.59. The van der Waals surface area contributed by atoms with Crippen molar-refractivity contribution in [1.82, 2.24) is 4.90 Å². The quantitative estimate of drug-likeness (QED) is 0.317. The number of aliphatic hydroxyl groups excluding tert-OH is 1. The van der Waals surface area contributed by atoms with Crippen molar-refractivity contribution in [3.8, 4) is 0 Å². The topological polar surface area (TPSA) is 87.1 Å². The van der Waals surface area contributed by atoms with Gasteiger partial charge in [-0.05, 0) is 38.3 Å². The van der Waals surface area contributed by atoms with Gasteiger partial charge in [0.2, 0.25) is 5.91 Å². The lowest BCUT2D eigenvalue weighted by molar-refractivity contribution is -0.154. The number of anilines is 1. The molecule has 5 rings (SSSR count). The third kappa shape index (κ3) is 4.41. The SMILES string of the molecule is C[C@@]12C=CCCOC(=O)[C@@H]1[C@H]1C(=O)N(CCCCCCO)C3C(=O)N(c4ccccc4Cl)CC=C[C@@]31S2. The zero-order valence-corrected chi connectivity index (χ0v) is 22.5. The molecule has 7 nitrogen and oxygen atoms in total. The second-order valence-electron chi connectivity index (χ2n) is 10.3. The van der Waals surface area contributed by atoms with Gasteiger partial charge in [0, 0.05) is 24.4 Å². The Morgan fingerprint density at radius 1 is 1.05 bits per heavy atom. The molecule has 1 aromatic carbocycles. The maximum atomic E-state index is 14.4. The highest BCUT2D eigenvalue weighted by Gasteiger charge is 2.73. The first-order valence-corrected chi connectivity index (χ1v) is 14.2. The number of fused-ring (bicyclic) bond motifs is 2. The van der Waals surface area contributed by atoms with Crippen LogP contribution in [-0.4, -0.2) is 69.6 Å². The Morgan fingerprint density at radius 2 is 1.84 bits per heavy atom. The normalized spacial score (nSPS) is 32.9. The third-order valence-electron chi connectivity index (χ3n) is 7.97. The molecular weight excluding hydrogens is 512 g/mol. The number of aliphatic hydroxyl groups is 1. The van der Waals surface area contributed by atoms with Crippen molar-refractivity contribution in [3.63, 3.8) is 0 Å². The number of hydrogen-bond acceptors (Lipinski definition) is 6. The average molecular weight is 545 g/mol. The minimum Gasteiger partial charge on any atom is -0.465 e. The number of rotatable bonds is 7. The third-order valence-corrected chi connectivity index (χ3v) is 10.1. The molecule has 0 bridgehead atoms. The van der Waals surface area contributed by atoms with Crippen LogP contribution in [0.3, 0.4) is 0 Å². The van der Waals surface area contributed by atoms with Gasteiger partial charge in [0.15, 0.2) is 0 Å². The van der Waals surface area contributed by atoms with Gasteiger partial charge < -0.3 is 19.6 Å².